The summed E-state index contributed by atoms with van der Waals surface area (Å²) in [7, 11) is 0. The maximum Gasteiger partial charge on any atom is 0.391 e. The largest absolute Gasteiger partial charge is 0.391 e. The Morgan fingerprint density at radius 2 is 2.07 bits per heavy atom. The first-order chi connectivity index (χ1) is 6.93. The van der Waals surface area contributed by atoms with Crippen LogP contribution >= 0.6 is 22.6 Å². The second-order valence-electron chi connectivity index (χ2n) is 3.80. The Balaban J connectivity index is 2.46. The van der Waals surface area contributed by atoms with Crippen LogP contribution in [-0.2, 0) is 4.79 Å². The summed E-state index contributed by atoms with van der Waals surface area (Å²) in [6.45, 7) is 0. The van der Waals surface area contributed by atoms with E-state index in [1.54, 1.807) is 0 Å². The lowest BCUT2D eigenvalue weighted by molar-refractivity contribution is -0.184. The van der Waals surface area contributed by atoms with Crippen LogP contribution in [0, 0.1) is 5.92 Å². The fourth-order valence-electron chi connectivity index (χ4n) is 1.88. The molecule has 6 heteroatoms. The third-order valence-electron chi connectivity index (χ3n) is 2.62. The molecule has 0 aromatic rings. The fourth-order valence-corrected chi connectivity index (χ4v) is 2.10. The van der Waals surface area contributed by atoms with Gasteiger partial charge in [-0.1, -0.05) is 29.0 Å². The Bertz CT molecular complexity index is 232. The quantitative estimate of drug-likeness (QED) is 0.610. The molecule has 2 atom stereocenters. The van der Waals surface area contributed by atoms with Crippen molar-refractivity contribution in [3.63, 3.8) is 0 Å². The lowest BCUT2D eigenvalue weighted by atomic mass is 9.85. The standard InChI is InChI=1S/C9H13F3INO/c10-9(11,12)6-2-1-3-7(4-6)14-8(15)5-13/h6-7H,1-5H2,(H,14,15). The summed E-state index contributed by atoms with van der Waals surface area (Å²) in [6, 6.07) is -0.298. The molecule has 15 heavy (non-hydrogen) atoms. The number of carbonyl (C=O) groups is 1. The molecule has 0 radical (unpaired) electrons. The molecule has 2 unspecified atom stereocenters. The Labute approximate surface area is 100 Å². The molecule has 1 N–H and O–H groups in total. The van der Waals surface area contributed by atoms with Crippen molar-refractivity contribution in [1.29, 1.82) is 0 Å². The number of amides is 1. The SMILES string of the molecule is O=C(CI)NC1CCCC(C(F)(F)F)C1. The molecule has 1 aliphatic carbocycles. The predicted molar refractivity (Wildman–Crippen MR) is 58.8 cm³/mol. The molecule has 2 nitrogen and oxygen atoms in total. The number of hydrogen-bond acceptors (Lipinski definition) is 1. The van der Waals surface area contributed by atoms with Crippen molar-refractivity contribution in [3.05, 3.63) is 0 Å². The molecule has 1 saturated carbocycles. The molecule has 1 aliphatic rings. The molecule has 0 spiro atoms. The highest BCUT2D eigenvalue weighted by Crippen LogP contribution is 2.37. The third kappa shape index (κ3) is 4.16. The zero-order valence-electron chi connectivity index (χ0n) is 8.11. The van der Waals surface area contributed by atoms with Crippen molar-refractivity contribution in [2.24, 2.45) is 5.92 Å². The van der Waals surface area contributed by atoms with Gasteiger partial charge in [0.05, 0.1) is 10.3 Å². The smallest absolute Gasteiger partial charge is 0.353 e. The Morgan fingerprint density at radius 1 is 1.40 bits per heavy atom. The van der Waals surface area contributed by atoms with Crippen LogP contribution in [-0.4, -0.2) is 22.6 Å². The summed E-state index contributed by atoms with van der Waals surface area (Å²) in [5.41, 5.74) is 0. The van der Waals surface area contributed by atoms with E-state index >= 15 is 0 Å². The van der Waals surface area contributed by atoms with Gasteiger partial charge >= 0.3 is 6.18 Å². The fraction of sp³-hybridized carbons (Fsp3) is 0.889. The van der Waals surface area contributed by atoms with Crippen molar-refractivity contribution in [3.8, 4) is 0 Å². The second-order valence-corrected chi connectivity index (χ2v) is 4.57. The number of carbonyl (C=O) groups excluding carboxylic acids is 1. The van der Waals surface area contributed by atoms with Crippen molar-refractivity contribution < 1.29 is 18.0 Å². The summed E-state index contributed by atoms with van der Waals surface area (Å²) < 4.78 is 37.6. The van der Waals surface area contributed by atoms with Crippen molar-refractivity contribution in [2.75, 3.05) is 4.43 Å². The molecule has 0 bridgehead atoms. The topological polar surface area (TPSA) is 29.1 Å². The maximum atomic E-state index is 12.4. The van der Waals surface area contributed by atoms with E-state index in [1.807, 2.05) is 22.6 Å². The summed E-state index contributed by atoms with van der Waals surface area (Å²) in [6.07, 6.45) is -2.69. The van der Waals surface area contributed by atoms with Gasteiger partial charge < -0.3 is 5.32 Å². The molecule has 0 heterocycles. The first-order valence-corrected chi connectivity index (χ1v) is 6.38. The molecular weight excluding hydrogens is 322 g/mol. The van der Waals surface area contributed by atoms with E-state index in [0.29, 0.717) is 17.3 Å². The summed E-state index contributed by atoms with van der Waals surface area (Å²) in [5, 5.41) is 2.62. The number of nitrogens with one attached hydrogen (secondary N) is 1. The van der Waals surface area contributed by atoms with E-state index in [1.165, 1.54) is 0 Å². The van der Waals surface area contributed by atoms with Gasteiger partial charge in [0.15, 0.2) is 0 Å². The summed E-state index contributed by atoms with van der Waals surface area (Å²) in [5.74, 6) is -1.42. The molecule has 0 saturated heterocycles. The van der Waals surface area contributed by atoms with Crippen LogP contribution in [0.25, 0.3) is 0 Å². The monoisotopic (exact) mass is 335 g/mol. The van der Waals surface area contributed by atoms with Crippen LogP contribution in [0.4, 0.5) is 13.2 Å². The second kappa shape index (κ2) is 5.36. The highest BCUT2D eigenvalue weighted by molar-refractivity contribution is 14.1. The van der Waals surface area contributed by atoms with Crippen LogP contribution < -0.4 is 5.32 Å². The Morgan fingerprint density at radius 3 is 2.60 bits per heavy atom. The van der Waals surface area contributed by atoms with Gasteiger partial charge in [0.25, 0.3) is 0 Å². The van der Waals surface area contributed by atoms with E-state index < -0.39 is 12.1 Å². The van der Waals surface area contributed by atoms with E-state index in [0.717, 1.165) is 0 Å². The lowest BCUT2D eigenvalue weighted by Gasteiger charge is -2.30. The van der Waals surface area contributed by atoms with Gasteiger partial charge in [0.2, 0.25) is 5.91 Å². The van der Waals surface area contributed by atoms with Gasteiger partial charge in [0, 0.05) is 6.04 Å². The van der Waals surface area contributed by atoms with Crippen LogP contribution in [0.15, 0.2) is 0 Å². The van der Waals surface area contributed by atoms with Gasteiger partial charge in [-0.05, 0) is 19.3 Å². The number of halogens is 4. The molecule has 88 valence electrons. The average molecular weight is 335 g/mol. The van der Waals surface area contributed by atoms with Crippen molar-refractivity contribution in [2.45, 2.75) is 37.9 Å². The number of rotatable bonds is 2. The summed E-state index contributed by atoms with van der Waals surface area (Å²) >= 11 is 1.90. The third-order valence-corrected chi connectivity index (χ3v) is 3.32. The minimum Gasteiger partial charge on any atom is -0.353 e. The van der Waals surface area contributed by atoms with Gasteiger partial charge in [-0.15, -0.1) is 0 Å². The van der Waals surface area contributed by atoms with E-state index in [9.17, 15) is 18.0 Å². The van der Waals surface area contributed by atoms with E-state index in [2.05, 4.69) is 5.32 Å². The molecule has 0 aliphatic heterocycles. The predicted octanol–water partition coefficient (Wildman–Crippen LogP) is 2.66. The number of hydrogen-bond donors (Lipinski definition) is 1. The number of alkyl halides is 4. The molecule has 1 rings (SSSR count). The van der Waals surface area contributed by atoms with Crippen LogP contribution in [0.2, 0.25) is 0 Å². The van der Waals surface area contributed by atoms with Gasteiger partial charge in [-0.3, -0.25) is 4.79 Å². The Hall–Kier alpha value is -0.0100. The molecule has 0 aromatic carbocycles. The van der Waals surface area contributed by atoms with Crippen LogP contribution in [0.5, 0.6) is 0 Å². The Kier molecular flexibility index (Phi) is 4.66. The van der Waals surface area contributed by atoms with E-state index in [4.69, 9.17) is 0 Å². The lowest BCUT2D eigenvalue weighted by Crippen LogP contribution is -2.41. The minimum absolute atomic E-state index is 0.0336. The molecule has 1 amide bonds. The van der Waals surface area contributed by atoms with Gasteiger partial charge in [-0.2, -0.15) is 13.2 Å². The van der Waals surface area contributed by atoms with E-state index in [-0.39, 0.29) is 24.8 Å². The van der Waals surface area contributed by atoms with Crippen LogP contribution in [0.3, 0.4) is 0 Å². The zero-order valence-corrected chi connectivity index (χ0v) is 10.3. The highest BCUT2D eigenvalue weighted by Gasteiger charge is 2.42. The molecule has 0 aromatic heterocycles. The normalized spacial score (nSPS) is 27.5. The minimum atomic E-state index is -4.12. The molecule has 1 fully saturated rings. The highest BCUT2D eigenvalue weighted by atomic mass is 127. The van der Waals surface area contributed by atoms with Crippen molar-refractivity contribution in [1.82, 2.24) is 5.32 Å². The van der Waals surface area contributed by atoms with Crippen molar-refractivity contribution >= 4 is 28.5 Å². The first-order valence-electron chi connectivity index (χ1n) is 4.85. The summed E-state index contributed by atoms with van der Waals surface area (Å²) in [4.78, 5) is 11.0. The molecular formula is C9H13F3INO. The van der Waals surface area contributed by atoms with Gasteiger partial charge in [0.1, 0.15) is 0 Å². The maximum absolute atomic E-state index is 12.4. The zero-order chi connectivity index (χ0) is 11.5. The van der Waals surface area contributed by atoms with Crippen LogP contribution in [0.1, 0.15) is 25.7 Å². The van der Waals surface area contributed by atoms with Gasteiger partial charge in [-0.25, -0.2) is 0 Å². The first kappa shape index (κ1) is 13.1. The average Bonchev–Trinajstić information content (AvgIpc) is 2.17.